The Labute approximate surface area is 654 Å². The molecule has 9 aromatic rings. The molecule has 0 fully saturated rings. The summed E-state index contributed by atoms with van der Waals surface area (Å²) in [5, 5.41) is 13.1. The third kappa shape index (κ3) is 341. The molecule has 0 bridgehead atoms. The maximum absolute atomic E-state index is 4.58. The Morgan fingerprint density at radius 1 is 0.233 bits per heavy atom. The number of hydrogen-bond acceptors (Lipinski definition) is 13. The predicted octanol–water partition coefficient (Wildman–Crippen LogP) is 32.7. The van der Waals surface area contributed by atoms with Gasteiger partial charge in [0.1, 0.15) is 12.6 Å². The van der Waals surface area contributed by atoms with Gasteiger partial charge in [0, 0.05) is 73.5 Å². The molecular formula is C90H177N9O2S2. The van der Waals surface area contributed by atoms with Gasteiger partial charge in [-0.3, -0.25) is 19.9 Å². The number of nitrogens with zero attached hydrogens (tertiary/aromatic N) is 9. The number of pyridine rings is 1. The topological polar surface area (TPSA) is 142 Å². The van der Waals surface area contributed by atoms with E-state index in [1.54, 1.807) is 121 Å². The Bertz CT molecular complexity index is 1690. The van der Waals surface area contributed by atoms with Crippen molar-refractivity contribution in [1.82, 2.24) is 45.1 Å². The van der Waals surface area contributed by atoms with Crippen LogP contribution >= 0.6 is 22.7 Å². The van der Waals surface area contributed by atoms with E-state index in [2.05, 4.69) is 258 Å². The summed E-state index contributed by atoms with van der Waals surface area (Å²) in [5.41, 5.74) is 3.21. The number of furan rings is 1. The number of thiazole rings is 1. The first-order valence-electron chi connectivity index (χ1n) is 38.8. The van der Waals surface area contributed by atoms with Gasteiger partial charge in [0.2, 0.25) is 0 Å². The molecule has 0 unspecified atom stereocenters. The number of oxazole rings is 1. The van der Waals surface area contributed by atoms with Gasteiger partial charge < -0.3 is 8.83 Å². The highest BCUT2D eigenvalue weighted by atomic mass is 32.1. The highest BCUT2D eigenvalue weighted by molar-refractivity contribution is 7.07. The Hall–Kier alpha value is -6.57. The number of rotatable bonds is 1. The van der Waals surface area contributed by atoms with Crippen molar-refractivity contribution in [2.24, 2.45) is 47.3 Å². The van der Waals surface area contributed by atoms with Gasteiger partial charge in [-0.25, -0.2) is 15.0 Å². The van der Waals surface area contributed by atoms with Crippen molar-refractivity contribution in [3.63, 3.8) is 0 Å². The van der Waals surface area contributed by atoms with Gasteiger partial charge in [0.15, 0.2) is 6.39 Å². The van der Waals surface area contributed by atoms with E-state index in [1.807, 2.05) is 201 Å². The average molecular weight is 1480 g/mol. The monoisotopic (exact) mass is 1480 g/mol. The molecule has 8 heterocycles. The molecule has 9 rings (SSSR count). The van der Waals surface area contributed by atoms with Crippen LogP contribution in [0.4, 0.5) is 0 Å². The normalized spacial score (nSPS) is 7.62. The van der Waals surface area contributed by atoms with Crippen LogP contribution in [0.2, 0.25) is 0 Å². The van der Waals surface area contributed by atoms with E-state index in [0.717, 1.165) is 47.3 Å². The third-order valence-electron chi connectivity index (χ3n) is 5.02. The zero-order valence-electron chi connectivity index (χ0n) is 76.1. The summed E-state index contributed by atoms with van der Waals surface area (Å²) in [7, 11) is 0. The van der Waals surface area contributed by atoms with Crippen molar-refractivity contribution in [2.75, 3.05) is 0 Å². The second-order valence-corrected chi connectivity index (χ2v) is 24.7. The van der Waals surface area contributed by atoms with E-state index in [-0.39, 0.29) is 0 Å². The lowest BCUT2D eigenvalue weighted by Gasteiger charge is -2.01. The average Bonchev–Trinajstić information content (AvgIpc) is 1.92. The minimum absolute atomic E-state index is 0.659. The van der Waals surface area contributed by atoms with Gasteiger partial charge in [-0.1, -0.05) is 353 Å². The van der Waals surface area contributed by atoms with E-state index in [9.17, 15) is 0 Å². The van der Waals surface area contributed by atoms with E-state index < -0.39 is 0 Å². The maximum atomic E-state index is 4.58. The fourth-order valence-corrected chi connectivity index (χ4v) is 3.52. The van der Waals surface area contributed by atoms with Gasteiger partial charge in [-0.05, 0) is 112 Å². The van der Waals surface area contributed by atoms with Gasteiger partial charge in [0.05, 0.1) is 24.2 Å². The largest absolute Gasteiger partial charge is 0.473 e. The van der Waals surface area contributed by atoms with E-state index in [1.165, 1.54) is 24.5 Å². The van der Waals surface area contributed by atoms with Crippen LogP contribution in [0.3, 0.4) is 0 Å². The number of hydrogen-bond donors (Lipinski definition) is 0. The van der Waals surface area contributed by atoms with Crippen LogP contribution < -0.4 is 0 Å². The molecule has 0 atom stereocenters. The van der Waals surface area contributed by atoms with Crippen molar-refractivity contribution in [3.05, 3.63) is 224 Å². The van der Waals surface area contributed by atoms with Gasteiger partial charge in [-0.2, -0.15) is 21.5 Å². The molecular weight excluding hydrogens is 1300 g/mol. The molecule has 0 amide bonds. The summed E-state index contributed by atoms with van der Waals surface area (Å²) >= 11 is 3.31. The first-order valence-corrected chi connectivity index (χ1v) is 40.6. The number of benzene rings is 1. The molecule has 0 aliphatic heterocycles. The quantitative estimate of drug-likeness (QED) is 0.155. The third-order valence-corrected chi connectivity index (χ3v) is 6.17. The van der Waals surface area contributed by atoms with Gasteiger partial charge in [0.25, 0.3) is 0 Å². The zero-order valence-corrected chi connectivity index (χ0v) is 77.8. The van der Waals surface area contributed by atoms with Crippen molar-refractivity contribution in [2.45, 2.75) is 311 Å². The van der Waals surface area contributed by atoms with Crippen LogP contribution in [-0.4, -0.2) is 45.1 Å². The van der Waals surface area contributed by atoms with Crippen LogP contribution in [0.15, 0.2) is 227 Å². The second-order valence-electron chi connectivity index (χ2n) is 23.1. The van der Waals surface area contributed by atoms with Crippen molar-refractivity contribution in [3.8, 4) is 0 Å². The van der Waals surface area contributed by atoms with E-state index in [0.29, 0.717) is 5.92 Å². The smallest absolute Gasteiger partial charge is 0.180 e. The van der Waals surface area contributed by atoms with Gasteiger partial charge >= 0.3 is 0 Å². The maximum Gasteiger partial charge on any atom is 0.180 e. The lowest BCUT2D eigenvalue weighted by atomic mass is 10.0. The Morgan fingerprint density at radius 3 is 0.631 bits per heavy atom. The van der Waals surface area contributed by atoms with Crippen molar-refractivity contribution >= 4 is 22.7 Å². The first kappa shape index (κ1) is 139. The summed E-state index contributed by atoms with van der Waals surface area (Å²) in [4.78, 5) is 25.9. The highest BCUT2D eigenvalue weighted by Gasteiger charge is 1.93. The summed E-state index contributed by atoms with van der Waals surface area (Å²) in [6, 6.07) is 29.4. The summed E-state index contributed by atoms with van der Waals surface area (Å²) in [5.74, 6) is 7.33. The van der Waals surface area contributed by atoms with Crippen molar-refractivity contribution in [1.29, 1.82) is 0 Å². The lowest BCUT2D eigenvalue weighted by molar-refractivity contribution is 0.558. The van der Waals surface area contributed by atoms with Crippen molar-refractivity contribution < 1.29 is 8.83 Å². The van der Waals surface area contributed by atoms with Crippen LogP contribution in [0.25, 0.3) is 0 Å². The van der Waals surface area contributed by atoms with E-state index >= 15 is 0 Å². The SMILES string of the molecule is CC.CC.CC.CC.CC.CC.CC.CC.CC.CC(C)C.CC(C)C.CC(C)C.CC(C)C.CC(C)C.CC(C)C.CC(C)C.CC(C)C.CC(C)c1ccccc1.c1ccncc1.c1ccnnc1.c1ccoc1.c1ccsc1.c1cnccn1.c1cncnc1.c1cocn1.c1cscn1. The highest BCUT2D eigenvalue weighted by Crippen LogP contribution is 2.11. The van der Waals surface area contributed by atoms with Gasteiger partial charge in [-0.15, -0.1) is 11.3 Å². The Balaban J connectivity index is -0.0000000504. The standard InChI is InChI=1S/C9H12.C5H5N.3C4H4N2.C4H4O.C4H4S.8C4H10.C3H3NO.C3H3NS.9C2H6/c1-8(2)9-6-4-3-5-7-9;1-2-4-6-5-3-1;1-2-6-4-3-5-1;1-2-5-4-6-3-1;1-2-4-6-5-3-1;2*1-2-4-5-3-1;8*1-4(2)3;2*1-2-5-3-4-1;9*1-2/h3-8H,1-2H3;1-5H;3*1-4H;2*1-4H;8*4H,1-3H3;2*1-3H;9*1-2H3. The first-order chi connectivity index (χ1) is 49.2. The number of aromatic nitrogens is 9. The number of thiophene rings is 1. The molecule has 0 aliphatic carbocycles. The molecule has 0 aliphatic rings. The fraction of sp³-hybridized carbons (Fsp3) is 0.589. The molecule has 1 aromatic carbocycles. The minimum Gasteiger partial charge on any atom is -0.473 e. The van der Waals surface area contributed by atoms with Crippen LogP contribution in [0.1, 0.15) is 316 Å². The molecule has 8 aromatic heterocycles. The fourth-order valence-electron chi connectivity index (χ4n) is 2.72. The molecule has 11 nitrogen and oxygen atoms in total. The molecule has 606 valence electrons. The van der Waals surface area contributed by atoms with E-state index in [4.69, 9.17) is 0 Å². The summed E-state index contributed by atoms with van der Waals surface area (Å²) < 4.78 is 9.06. The molecule has 0 saturated heterocycles. The zero-order chi connectivity index (χ0) is 84.4. The Morgan fingerprint density at radius 2 is 0.524 bits per heavy atom. The van der Waals surface area contributed by atoms with Crippen LogP contribution in [0, 0.1) is 47.3 Å². The summed E-state index contributed by atoms with van der Waals surface area (Å²) in [6.45, 7) is 92.4. The second kappa shape index (κ2) is 162. The molecule has 103 heavy (non-hydrogen) atoms. The summed E-state index contributed by atoms with van der Waals surface area (Å²) in [6.07, 6.45) is 27.7. The molecule has 0 spiro atoms. The Kier molecular flexibility index (Phi) is 219. The minimum atomic E-state index is 0.659. The molecule has 0 radical (unpaired) electrons. The van der Waals surface area contributed by atoms with Crippen LogP contribution in [0.5, 0.6) is 0 Å². The predicted molar refractivity (Wildman–Crippen MR) is 479 cm³/mol. The molecule has 0 N–H and O–H groups in total. The lowest BCUT2D eigenvalue weighted by Crippen LogP contribution is -1.83. The van der Waals surface area contributed by atoms with Crippen LogP contribution in [-0.2, 0) is 0 Å². The molecule has 13 heteroatoms. The molecule has 0 saturated carbocycles.